The Morgan fingerprint density at radius 1 is 1.47 bits per heavy atom. The third kappa shape index (κ3) is 4.03. The summed E-state index contributed by atoms with van der Waals surface area (Å²) >= 11 is 4.60. The van der Waals surface area contributed by atoms with Crippen LogP contribution in [0.4, 0.5) is 0 Å². The van der Waals surface area contributed by atoms with Crippen molar-refractivity contribution in [1.29, 1.82) is 0 Å². The summed E-state index contributed by atoms with van der Waals surface area (Å²) < 4.78 is 0. The number of hydrogen-bond acceptors (Lipinski definition) is 3. The number of phenols is 1. The SMILES string of the molecule is CC(C)(C)c1ccc(/C=N/NC(N)=S)c(O)c1. The van der Waals surface area contributed by atoms with Gasteiger partial charge in [0.25, 0.3) is 0 Å². The molecule has 17 heavy (non-hydrogen) atoms. The van der Waals surface area contributed by atoms with E-state index >= 15 is 0 Å². The zero-order valence-corrected chi connectivity index (χ0v) is 11.0. The van der Waals surface area contributed by atoms with Gasteiger partial charge in [0.2, 0.25) is 0 Å². The van der Waals surface area contributed by atoms with Crippen molar-refractivity contribution in [2.75, 3.05) is 0 Å². The number of phenolic OH excluding ortho intramolecular Hbond substituents is 1. The fourth-order valence-corrected chi connectivity index (χ4v) is 1.34. The minimum atomic E-state index is 0.00419. The second kappa shape index (κ2) is 5.14. The lowest BCUT2D eigenvalue weighted by Crippen LogP contribution is -2.24. The molecule has 0 heterocycles. The van der Waals surface area contributed by atoms with Crippen LogP contribution in [0.25, 0.3) is 0 Å². The van der Waals surface area contributed by atoms with Crippen molar-refractivity contribution in [3.63, 3.8) is 0 Å². The van der Waals surface area contributed by atoms with Crippen molar-refractivity contribution in [3.05, 3.63) is 29.3 Å². The number of aromatic hydroxyl groups is 1. The van der Waals surface area contributed by atoms with Crippen molar-refractivity contribution >= 4 is 23.5 Å². The maximum atomic E-state index is 9.84. The van der Waals surface area contributed by atoms with Crippen LogP contribution in [-0.4, -0.2) is 16.4 Å². The van der Waals surface area contributed by atoms with E-state index in [2.05, 4.69) is 43.5 Å². The van der Waals surface area contributed by atoms with Gasteiger partial charge in [0.05, 0.1) is 6.21 Å². The van der Waals surface area contributed by atoms with E-state index in [0.29, 0.717) is 5.56 Å². The van der Waals surface area contributed by atoms with Gasteiger partial charge in [0, 0.05) is 5.56 Å². The monoisotopic (exact) mass is 251 g/mol. The number of thiocarbonyl (C=S) groups is 1. The summed E-state index contributed by atoms with van der Waals surface area (Å²) in [7, 11) is 0. The first-order chi connectivity index (χ1) is 7.80. The number of hydrogen-bond donors (Lipinski definition) is 3. The fraction of sp³-hybridized carbons (Fsp3) is 0.333. The van der Waals surface area contributed by atoms with E-state index in [1.54, 1.807) is 12.1 Å². The smallest absolute Gasteiger partial charge is 0.184 e. The second-order valence-electron chi connectivity index (χ2n) is 4.76. The van der Waals surface area contributed by atoms with Gasteiger partial charge in [-0.25, -0.2) is 0 Å². The summed E-state index contributed by atoms with van der Waals surface area (Å²) in [5.74, 6) is 0.186. The predicted octanol–water partition coefficient (Wildman–Crippen LogP) is 1.86. The summed E-state index contributed by atoms with van der Waals surface area (Å²) in [5.41, 5.74) is 9.33. The molecule has 0 fully saturated rings. The van der Waals surface area contributed by atoms with Gasteiger partial charge in [-0.15, -0.1) is 0 Å². The Bertz CT molecular complexity index is 450. The Kier molecular flexibility index (Phi) is 4.07. The van der Waals surface area contributed by atoms with E-state index in [0.717, 1.165) is 5.56 Å². The Hall–Kier alpha value is -1.62. The van der Waals surface area contributed by atoms with E-state index < -0.39 is 0 Å². The zero-order valence-electron chi connectivity index (χ0n) is 10.2. The average Bonchev–Trinajstić information content (AvgIpc) is 2.18. The molecule has 0 aromatic heterocycles. The van der Waals surface area contributed by atoms with E-state index in [1.807, 2.05) is 6.07 Å². The van der Waals surface area contributed by atoms with Gasteiger partial charge in [0.15, 0.2) is 5.11 Å². The first-order valence-electron chi connectivity index (χ1n) is 5.22. The van der Waals surface area contributed by atoms with Crippen LogP contribution in [0.3, 0.4) is 0 Å². The predicted molar refractivity (Wildman–Crippen MR) is 74.3 cm³/mol. The summed E-state index contributed by atoms with van der Waals surface area (Å²) in [6, 6.07) is 5.50. The second-order valence-corrected chi connectivity index (χ2v) is 5.20. The molecule has 0 aliphatic carbocycles. The Balaban J connectivity index is 2.91. The van der Waals surface area contributed by atoms with Gasteiger partial charge in [-0.3, -0.25) is 5.43 Å². The molecule has 0 amide bonds. The molecule has 1 aromatic carbocycles. The lowest BCUT2D eigenvalue weighted by molar-refractivity contribution is 0.470. The molecule has 0 unspecified atom stereocenters. The van der Waals surface area contributed by atoms with Crippen LogP contribution >= 0.6 is 12.2 Å². The summed E-state index contributed by atoms with van der Waals surface area (Å²) in [6.45, 7) is 6.26. The zero-order chi connectivity index (χ0) is 13.1. The molecule has 0 aliphatic rings. The molecule has 92 valence electrons. The molecule has 4 N–H and O–H groups in total. The van der Waals surface area contributed by atoms with Crippen molar-refractivity contribution in [2.24, 2.45) is 10.8 Å². The first-order valence-corrected chi connectivity index (χ1v) is 5.63. The molecule has 0 saturated carbocycles. The number of hydrazone groups is 1. The van der Waals surface area contributed by atoms with E-state index in [4.69, 9.17) is 5.73 Å². The number of nitrogens with zero attached hydrogens (tertiary/aromatic N) is 1. The van der Waals surface area contributed by atoms with Gasteiger partial charge in [-0.1, -0.05) is 26.8 Å². The highest BCUT2D eigenvalue weighted by atomic mass is 32.1. The minimum Gasteiger partial charge on any atom is -0.507 e. The Morgan fingerprint density at radius 3 is 2.59 bits per heavy atom. The van der Waals surface area contributed by atoms with E-state index in [9.17, 15) is 5.11 Å². The van der Waals surface area contributed by atoms with Gasteiger partial charge in [-0.05, 0) is 35.3 Å². The lowest BCUT2D eigenvalue weighted by atomic mass is 9.86. The molecule has 0 bridgehead atoms. The standard InChI is InChI=1S/C12H17N3OS/c1-12(2,3)9-5-4-8(10(16)6-9)7-14-15-11(13)17/h4-7,16H,1-3H3,(H3,13,15,17)/b14-7+. The third-order valence-electron chi connectivity index (χ3n) is 2.27. The molecule has 0 saturated heterocycles. The van der Waals surface area contributed by atoms with Crippen LogP contribution in [0.15, 0.2) is 23.3 Å². The quantitative estimate of drug-likeness (QED) is 0.426. The van der Waals surface area contributed by atoms with Gasteiger partial charge in [-0.2, -0.15) is 5.10 Å². The molecule has 5 heteroatoms. The molecular weight excluding hydrogens is 234 g/mol. The molecule has 4 nitrogen and oxygen atoms in total. The van der Waals surface area contributed by atoms with Crippen LogP contribution in [0.1, 0.15) is 31.9 Å². The molecule has 1 aromatic rings. The van der Waals surface area contributed by atoms with Crippen molar-refractivity contribution < 1.29 is 5.11 Å². The van der Waals surface area contributed by atoms with Crippen LogP contribution in [-0.2, 0) is 5.41 Å². The molecule has 1 rings (SSSR count). The summed E-state index contributed by atoms with van der Waals surface area (Å²) in [4.78, 5) is 0. The number of nitrogens with two attached hydrogens (primary N) is 1. The van der Waals surface area contributed by atoms with Gasteiger partial charge < -0.3 is 10.8 Å². The van der Waals surface area contributed by atoms with Crippen LogP contribution < -0.4 is 11.2 Å². The number of nitrogens with one attached hydrogen (secondary N) is 1. The lowest BCUT2D eigenvalue weighted by Gasteiger charge is -2.19. The highest BCUT2D eigenvalue weighted by Gasteiger charge is 2.14. The highest BCUT2D eigenvalue weighted by Crippen LogP contribution is 2.26. The van der Waals surface area contributed by atoms with Crippen LogP contribution in [0.5, 0.6) is 5.75 Å². The van der Waals surface area contributed by atoms with Crippen LogP contribution in [0.2, 0.25) is 0 Å². The van der Waals surface area contributed by atoms with E-state index in [-0.39, 0.29) is 16.3 Å². The molecular formula is C12H17N3OS. The Morgan fingerprint density at radius 2 is 2.12 bits per heavy atom. The molecule has 0 aliphatic heterocycles. The fourth-order valence-electron chi connectivity index (χ4n) is 1.28. The average molecular weight is 251 g/mol. The number of rotatable bonds is 2. The molecule has 0 radical (unpaired) electrons. The highest BCUT2D eigenvalue weighted by molar-refractivity contribution is 7.80. The topological polar surface area (TPSA) is 70.6 Å². The maximum absolute atomic E-state index is 9.84. The van der Waals surface area contributed by atoms with Crippen molar-refractivity contribution in [2.45, 2.75) is 26.2 Å². The minimum absolute atomic E-state index is 0.00419. The van der Waals surface area contributed by atoms with Crippen molar-refractivity contribution in [1.82, 2.24) is 5.43 Å². The molecule has 0 spiro atoms. The number of benzene rings is 1. The maximum Gasteiger partial charge on any atom is 0.184 e. The first kappa shape index (κ1) is 13.4. The summed E-state index contributed by atoms with van der Waals surface area (Å²) in [5, 5.41) is 13.7. The van der Waals surface area contributed by atoms with Crippen LogP contribution in [0, 0.1) is 0 Å². The Labute approximate surface area is 107 Å². The van der Waals surface area contributed by atoms with E-state index in [1.165, 1.54) is 6.21 Å². The van der Waals surface area contributed by atoms with Crippen molar-refractivity contribution in [3.8, 4) is 5.75 Å². The molecule has 0 atom stereocenters. The summed E-state index contributed by atoms with van der Waals surface area (Å²) in [6.07, 6.45) is 1.47. The normalized spacial score (nSPS) is 11.7. The van der Waals surface area contributed by atoms with Gasteiger partial charge >= 0.3 is 0 Å². The third-order valence-corrected chi connectivity index (χ3v) is 2.37. The largest absolute Gasteiger partial charge is 0.507 e. The van der Waals surface area contributed by atoms with Gasteiger partial charge in [0.1, 0.15) is 5.75 Å².